The standard InChI is InChI=1S/C12H18ClN3/c1-3-5-7-11-15-10(12(13)16-11)9-14-8-6-4-2/h14H,3,5,7-9H2,1-2H3,(H,15,16). The molecule has 0 fully saturated rings. The Labute approximate surface area is 102 Å². The fourth-order valence-corrected chi connectivity index (χ4v) is 1.57. The van der Waals surface area contributed by atoms with Gasteiger partial charge in [-0.15, -0.1) is 5.92 Å². The second kappa shape index (κ2) is 7.32. The number of aryl methyl sites for hydroxylation is 1. The van der Waals surface area contributed by atoms with Gasteiger partial charge in [0.15, 0.2) is 5.15 Å². The second-order valence-corrected chi connectivity index (χ2v) is 3.94. The number of nitrogens with one attached hydrogen (secondary N) is 2. The van der Waals surface area contributed by atoms with Crippen LogP contribution in [0.25, 0.3) is 0 Å². The summed E-state index contributed by atoms with van der Waals surface area (Å²) in [5.74, 6) is 6.75. The monoisotopic (exact) mass is 239 g/mol. The maximum absolute atomic E-state index is 6.02. The van der Waals surface area contributed by atoms with E-state index < -0.39 is 0 Å². The number of aromatic amines is 1. The molecule has 0 radical (unpaired) electrons. The molecule has 1 aromatic heterocycles. The summed E-state index contributed by atoms with van der Waals surface area (Å²) in [5, 5.41) is 3.76. The van der Waals surface area contributed by atoms with Crippen LogP contribution in [0, 0.1) is 11.8 Å². The summed E-state index contributed by atoms with van der Waals surface area (Å²) in [6.07, 6.45) is 3.26. The molecule has 0 atom stereocenters. The number of hydrogen-bond donors (Lipinski definition) is 2. The van der Waals surface area contributed by atoms with Crippen molar-refractivity contribution in [2.45, 2.75) is 39.7 Å². The molecule has 88 valence electrons. The lowest BCUT2D eigenvalue weighted by Crippen LogP contribution is -2.13. The van der Waals surface area contributed by atoms with Crippen LogP contribution in [0.15, 0.2) is 0 Å². The van der Waals surface area contributed by atoms with Gasteiger partial charge in [0.05, 0.1) is 12.2 Å². The van der Waals surface area contributed by atoms with Crippen LogP contribution >= 0.6 is 11.6 Å². The number of aromatic nitrogens is 2. The Balaban J connectivity index is 2.45. The van der Waals surface area contributed by atoms with Crippen molar-refractivity contribution < 1.29 is 0 Å². The third-order valence-corrected chi connectivity index (χ3v) is 2.55. The van der Waals surface area contributed by atoms with E-state index in [1.54, 1.807) is 0 Å². The Morgan fingerprint density at radius 1 is 1.50 bits per heavy atom. The fraction of sp³-hybridized carbons (Fsp3) is 0.583. The van der Waals surface area contributed by atoms with Crippen molar-refractivity contribution in [3.8, 4) is 11.8 Å². The van der Waals surface area contributed by atoms with Crippen LogP contribution in [0.4, 0.5) is 0 Å². The topological polar surface area (TPSA) is 40.7 Å². The summed E-state index contributed by atoms with van der Waals surface area (Å²) in [6.45, 7) is 5.35. The lowest BCUT2D eigenvalue weighted by molar-refractivity contribution is 0.736. The van der Waals surface area contributed by atoms with Gasteiger partial charge in [-0.25, -0.2) is 4.98 Å². The minimum absolute atomic E-state index is 0.572. The van der Waals surface area contributed by atoms with Gasteiger partial charge in [0.25, 0.3) is 0 Å². The number of unbranched alkanes of at least 4 members (excludes halogenated alkanes) is 1. The quantitative estimate of drug-likeness (QED) is 0.592. The highest BCUT2D eigenvalue weighted by atomic mass is 35.5. The zero-order chi connectivity index (χ0) is 11.8. The molecule has 0 saturated heterocycles. The Morgan fingerprint density at radius 3 is 3.00 bits per heavy atom. The summed E-state index contributed by atoms with van der Waals surface area (Å²) in [5.41, 5.74) is 0.950. The van der Waals surface area contributed by atoms with Crippen molar-refractivity contribution in [1.82, 2.24) is 15.3 Å². The first kappa shape index (κ1) is 13.1. The first-order valence-electron chi connectivity index (χ1n) is 5.61. The maximum atomic E-state index is 6.02. The second-order valence-electron chi connectivity index (χ2n) is 3.59. The van der Waals surface area contributed by atoms with Crippen LogP contribution in [-0.2, 0) is 13.0 Å². The minimum atomic E-state index is 0.572. The molecule has 0 bridgehead atoms. The number of imidazole rings is 1. The number of hydrogen-bond acceptors (Lipinski definition) is 2. The average molecular weight is 240 g/mol. The Bertz CT molecular complexity index is 373. The van der Waals surface area contributed by atoms with Gasteiger partial charge < -0.3 is 10.3 Å². The van der Waals surface area contributed by atoms with Crippen molar-refractivity contribution in [1.29, 1.82) is 0 Å². The number of rotatable bonds is 6. The van der Waals surface area contributed by atoms with Crippen molar-refractivity contribution in [3.05, 3.63) is 16.7 Å². The largest absolute Gasteiger partial charge is 0.344 e. The first-order chi connectivity index (χ1) is 7.77. The molecule has 1 heterocycles. The molecule has 0 unspecified atom stereocenters. The van der Waals surface area contributed by atoms with Crippen molar-refractivity contribution in [3.63, 3.8) is 0 Å². The van der Waals surface area contributed by atoms with Gasteiger partial charge >= 0.3 is 0 Å². The molecular formula is C12H18ClN3. The van der Waals surface area contributed by atoms with Crippen LogP contribution < -0.4 is 5.32 Å². The van der Waals surface area contributed by atoms with Gasteiger partial charge in [-0.1, -0.05) is 30.9 Å². The summed E-state index contributed by atoms with van der Waals surface area (Å²) in [4.78, 5) is 7.52. The Morgan fingerprint density at radius 2 is 2.31 bits per heavy atom. The zero-order valence-electron chi connectivity index (χ0n) is 9.86. The lowest BCUT2D eigenvalue weighted by Gasteiger charge is -1.97. The van der Waals surface area contributed by atoms with Crippen molar-refractivity contribution in [2.75, 3.05) is 6.54 Å². The molecule has 0 aromatic carbocycles. The summed E-state index contributed by atoms with van der Waals surface area (Å²) in [6, 6.07) is 0. The first-order valence-corrected chi connectivity index (χ1v) is 5.99. The number of nitrogens with zero attached hydrogens (tertiary/aromatic N) is 1. The van der Waals surface area contributed by atoms with Crippen LogP contribution in [0.5, 0.6) is 0 Å². The summed E-state index contributed by atoms with van der Waals surface area (Å²) >= 11 is 6.02. The molecule has 3 nitrogen and oxygen atoms in total. The molecule has 0 aliphatic rings. The minimum Gasteiger partial charge on any atom is -0.344 e. The van der Waals surface area contributed by atoms with E-state index >= 15 is 0 Å². The van der Waals surface area contributed by atoms with Gasteiger partial charge in [0.2, 0.25) is 0 Å². The van der Waals surface area contributed by atoms with Gasteiger partial charge in [-0.05, 0) is 13.3 Å². The highest BCUT2D eigenvalue weighted by molar-refractivity contribution is 6.30. The SMILES string of the molecule is CC#CCNCc1[nH]c(CCCC)nc1Cl. The molecule has 0 aliphatic heterocycles. The molecule has 1 aromatic rings. The van der Waals surface area contributed by atoms with Crippen LogP contribution in [0.1, 0.15) is 38.2 Å². The lowest BCUT2D eigenvalue weighted by atomic mass is 10.2. The molecule has 0 amide bonds. The zero-order valence-corrected chi connectivity index (χ0v) is 10.6. The fourth-order valence-electron chi connectivity index (χ4n) is 1.36. The van der Waals surface area contributed by atoms with Gasteiger partial charge in [-0.2, -0.15) is 0 Å². The summed E-state index contributed by atoms with van der Waals surface area (Å²) < 4.78 is 0. The van der Waals surface area contributed by atoms with E-state index in [1.807, 2.05) is 6.92 Å². The molecule has 1 rings (SSSR count). The third kappa shape index (κ3) is 4.26. The molecule has 16 heavy (non-hydrogen) atoms. The predicted octanol–water partition coefficient (Wildman–Crippen LogP) is 2.52. The van der Waals surface area contributed by atoms with Gasteiger partial charge in [0, 0.05) is 13.0 Å². The normalized spacial score (nSPS) is 9.94. The van der Waals surface area contributed by atoms with E-state index in [0.717, 1.165) is 30.8 Å². The van der Waals surface area contributed by atoms with Gasteiger partial charge in [0.1, 0.15) is 5.82 Å². The van der Waals surface area contributed by atoms with E-state index in [0.29, 0.717) is 18.2 Å². The Hall–Kier alpha value is -0.980. The molecule has 2 N–H and O–H groups in total. The van der Waals surface area contributed by atoms with Crippen LogP contribution in [0.3, 0.4) is 0 Å². The third-order valence-electron chi connectivity index (χ3n) is 2.24. The highest BCUT2D eigenvalue weighted by Gasteiger charge is 2.06. The van der Waals surface area contributed by atoms with Crippen molar-refractivity contribution in [2.24, 2.45) is 0 Å². The summed E-state index contributed by atoms with van der Waals surface area (Å²) in [7, 11) is 0. The van der Waals surface area contributed by atoms with Gasteiger partial charge in [-0.3, -0.25) is 0 Å². The van der Waals surface area contributed by atoms with E-state index in [9.17, 15) is 0 Å². The molecular weight excluding hydrogens is 222 g/mol. The number of H-pyrrole nitrogens is 1. The van der Waals surface area contributed by atoms with E-state index in [-0.39, 0.29) is 0 Å². The van der Waals surface area contributed by atoms with Crippen LogP contribution in [-0.4, -0.2) is 16.5 Å². The molecule has 0 aliphatic carbocycles. The number of halogens is 1. The molecule has 4 heteroatoms. The van der Waals surface area contributed by atoms with Crippen LogP contribution in [0.2, 0.25) is 5.15 Å². The predicted molar refractivity (Wildman–Crippen MR) is 67.4 cm³/mol. The maximum Gasteiger partial charge on any atom is 0.151 e. The van der Waals surface area contributed by atoms with E-state index in [4.69, 9.17) is 11.6 Å². The van der Waals surface area contributed by atoms with Crippen molar-refractivity contribution >= 4 is 11.6 Å². The molecule has 0 spiro atoms. The average Bonchev–Trinajstić information content (AvgIpc) is 2.63. The van der Waals surface area contributed by atoms with E-state index in [1.165, 1.54) is 0 Å². The highest BCUT2D eigenvalue weighted by Crippen LogP contribution is 2.13. The smallest absolute Gasteiger partial charge is 0.151 e. The Kier molecular flexibility index (Phi) is 5.99. The molecule has 0 saturated carbocycles. The van der Waals surface area contributed by atoms with E-state index in [2.05, 4.69) is 34.0 Å².